The van der Waals surface area contributed by atoms with Gasteiger partial charge in [-0.15, -0.1) is 0 Å². The standard InChI is InChI=1S/C24H41N5O7/c1-23(2,22(35)28-12-5-11-27-21(34)17(25)16-30)10-15-36-24(3,4)9-13-26-18(31)8-14-29-19(32)6-7-20(29)33/h6-7,17,30H,5,8-16,25H2,1-4H3,(H,26,31)(H,27,34)(H,28,35)/t17-/m0/s1. The summed E-state index contributed by atoms with van der Waals surface area (Å²) in [5, 5.41) is 17.0. The minimum atomic E-state index is -0.949. The van der Waals surface area contributed by atoms with Crippen LogP contribution < -0.4 is 21.7 Å². The van der Waals surface area contributed by atoms with Crippen molar-refractivity contribution in [2.45, 2.75) is 65.0 Å². The quantitative estimate of drug-likeness (QED) is 0.121. The van der Waals surface area contributed by atoms with Crippen molar-refractivity contribution in [3.8, 4) is 0 Å². The predicted octanol–water partition coefficient (Wildman–Crippen LogP) is -1.04. The third-order valence-electron chi connectivity index (χ3n) is 5.82. The van der Waals surface area contributed by atoms with Gasteiger partial charge in [0.05, 0.1) is 12.2 Å². The van der Waals surface area contributed by atoms with Crippen LogP contribution >= 0.6 is 0 Å². The molecule has 1 heterocycles. The molecule has 0 saturated carbocycles. The molecule has 0 unspecified atom stereocenters. The minimum absolute atomic E-state index is 0.0340. The van der Waals surface area contributed by atoms with Gasteiger partial charge >= 0.3 is 0 Å². The van der Waals surface area contributed by atoms with Crippen molar-refractivity contribution < 1.29 is 33.8 Å². The van der Waals surface area contributed by atoms with E-state index in [2.05, 4.69) is 16.0 Å². The average Bonchev–Trinajstić information content (AvgIpc) is 3.13. The summed E-state index contributed by atoms with van der Waals surface area (Å²) in [6.07, 6.45) is 3.97. The van der Waals surface area contributed by atoms with Gasteiger partial charge in [0, 0.05) is 56.8 Å². The molecule has 1 rings (SSSR count). The molecule has 5 amide bonds. The fraction of sp³-hybridized carbons (Fsp3) is 0.708. The Kier molecular flexibility index (Phi) is 12.7. The molecule has 0 spiro atoms. The van der Waals surface area contributed by atoms with Gasteiger partial charge in [-0.3, -0.25) is 28.9 Å². The molecule has 0 aliphatic carbocycles. The largest absolute Gasteiger partial charge is 0.394 e. The van der Waals surface area contributed by atoms with Crippen LogP contribution in [-0.2, 0) is 28.7 Å². The highest BCUT2D eigenvalue weighted by Crippen LogP contribution is 2.23. The molecule has 12 heteroatoms. The van der Waals surface area contributed by atoms with Gasteiger partial charge in [0.2, 0.25) is 17.7 Å². The Morgan fingerprint density at radius 2 is 1.61 bits per heavy atom. The lowest BCUT2D eigenvalue weighted by atomic mass is 9.88. The first kappa shape index (κ1) is 31.2. The average molecular weight is 512 g/mol. The maximum absolute atomic E-state index is 12.5. The third-order valence-corrected chi connectivity index (χ3v) is 5.82. The van der Waals surface area contributed by atoms with E-state index in [9.17, 15) is 24.0 Å². The van der Waals surface area contributed by atoms with E-state index >= 15 is 0 Å². The number of ether oxygens (including phenoxy) is 1. The molecule has 1 aliphatic heterocycles. The summed E-state index contributed by atoms with van der Waals surface area (Å²) in [4.78, 5) is 60.1. The SMILES string of the molecule is CC(C)(CCNC(=O)CCN1C(=O)C=CC1=O)OCCC(C)(C)C(=O)NCCCNC(=O)[C@@H](N)CO. The van der Waals surface area contributed by atoms with Crippen molar-refractivity contribution in [3.63, 3.8) is 0 Å². The molecule has 1 atom stereocenters. The Balaban J connectivity index is 2.22. The van der Waals surface area contributed by atoms with Crippen molar-refractivity contribution in [3.05, 3.63) is 12.2 Å². The van der Waals surface area contributed by atoms with Gasteiger partial charge in [-0.2, -0.15) is 0 Å². The van der Waals surface area contributed by atoms with Crippen LogP contribution in [0.5, 0.6) is 0 Å². The van der Waals surface area contributed by atoms with E-state index in [1.165, 1.54) is 12.2 Å². The number of nitrogens with two attached hydrogens (primary N) is 1. The predicted molar refractivity (Wildman–Crippen MR) is 132 cm³/mol. The Labute approximate surface area is 212 Å². The molecular weight excluding hydrogens is 470 g/mol. The lowest BCUT2D eigenvalue weighted by molar-refractivity contribution is -0.137. The molecule has 6 N–H and O–H groups in total. The number of amides is 5. The fourth-order valence-corrected chi connectivity index (χ4v) is 3.18. The zero-order valence-corrected chi connectivity index (χ0v) is 21.7. The number of rotatable bonds is 17. The van der Waals surface area contributed by atoms with Gasteiger partial charge in [0.15, 0.2) is 0 Å². The van der Waals surface area contributed by atoms with E-state index in [0.717, 1.165) is 4.90 Å². The number of aliphatic hydroxyl groups is 1. The summed E-state index contributed by atoms with van der Waals surface area (Å²) in [5.74, 6) is -1.64. The first-order valence-corrected chi connectivity index (χ1v) is 12.2. The number of nitrogens with one attached hydrogen (secondary N) is 3. The van der Waals surface area contributed by atoms with Crippen molar-refractivity contribution >= 4 is 29.5 Å². The monoisotopic (exact) mass is 511 g/mol. The van der Waals surface area contributed by atoms with Crippen LogP contribution in [0.2, 0.25) is 0 Å². The summed E-state index contributed by atoms with van der Waals surface area (Å²) >= 11 is 0. The van der Waals surface area contributed by atoms with Crippen LogP contribution in [0.3, 0.4) is 0 Å². The van der Waals surface area contributed by atoms with E-state index in [0.29, 0.717) is 45.5 Å². The Morgan fingerprint density at radius 3 is 2.22 bits per heavy atom. The van der Waals surface area contributed by atoms with Crippen molar-refractivity contribution in [1.82, 2.24) is 20.9 Å². The van der Waals surface area contributed by atoms with Gasteiger partial charge in [-0.1, -0.05) is 13.8 Å². The van der Waals surface area contributed by atoms with E-state index in [1.54, 1.807) is 0 Å². The highest BCUT2D eigenvalue weighted by Gasteiger charge is 2.29. The van der Waals surface area contributed by atoms with Crippen LogP contribution in [0.1, 0.15) is 53.4 Å². The van der Waals surface area contributed by atoms with Crippen LogP contribution in [0.4, 0.5) is 0 Å². The summed E-state index contributed by atoms with van der Waals surface area (Å²) in [5.41, 5.74) is 4.22. The maximum atomic E-state index is 12.5. The van der Waals surface area contributed by atoms with Crippen LogP contribution in [0.15, 0.2) is 12.2 Å². The molecule has 0 aromatic rings. The van der Waals surface area contributed by atoms with Gasteiger partial charge in [-0.05, 0) is 33.1 Å². The summed E-state index contributed by atoms with van der Waals surface area (Å²) in [6.45, 7) is 8.52. The zero-order chi connectivity index (χ0) is 27.4. The lowest BCUT2D eigenvalue weighted by Gasteiger charge is -2.29. The Hall–Kier alpha value is -2.83. The van der Waals surface area contributed by atoms with Crippen molar-refractivity contribution in [2.75, 3.05) is 39.4 Å². The molecule has 0 aromatic carbocycles. The summed E-state index contributed by atoms with van der Waals surface area (Å²) in [7, 11) is 0. The van der Waals surface area contributed by atoms with Gasteiger partial charge < -0.3 is 31.5 Å². The van der Waals surface area contributed by atoms with Crippen LogP contribution in [0.25, 0.3) is 0 Å². The number of hydrogen-bond acceptors (Lipinski definition) is 8. The second-order valence-corrected chi connectivity index (χ2v) is 9.94. The second kappa shape index (κ2) is 14.7. The van der Waals surface area contributed by atoms with Crippen LogP contribution in [-0.4, -0.2) is 90.6 Å². The highest BCUT2D eigenvalue weighted by molar-refractivity contribution is 6.13. The Morgan fingerprint density at radius 1 is 1.00 bits per heavy atom. The molecule has 0 aromatic heterocycles. The van der Waals surface area contributed by atoms with Crippen molar-refractivity contribution in [2.24, 2.45) is 11.1 Å². The second-order valence-electron chi connectivity index (χ2n) is 9.94. The molecule has 0 fully saturated rings. The number of carbonyl (C=O) groups excluding carboxylic acids is 5. The number of aliphatic hydroxyl groups excluding tert-OH is 1. The smallest absolute Gasteiger partial charge is 0.253 e. The topological polar surface area (TPSA) is 180 Å². The zero-order valence-electron chi connectivity index (χ0n) is 21.7. The molecule has 36 heavy (non-hydrogen) atoms. The first-order chi connectivity index (χ1) is 16.8. The lowest BCUT2D eigenvalue weighted by Crippen LogP contribution is -2.44. The van der Waals surface area contributed by atoms with Gasteiger partial charge in [0.25, 0.3) is 11.8 Å². The maximum Gasteiger partial charge on any atom is 0.253 e. The van der Waals surface area contributed by atoms with E-state index in [-0.39, 0.29) is 24.8 Å². The number of carbonyl (C=O) groups is 5. The normalized spacial score (nSPS) is 14.7. The van der Waals surface area contributed by atoms with Gasteiger partial charge in [-0.25, -0.2) is 0 Å². The summed E-state index contributed by atoms with van der Waals surface area (Å²) < 4.78 is 5.95. The first-order valence-electron chi connectivity index (χ1n) is 12.2. The molecule has 204 valence electrons. The van der Waals surface area contributed by atoms with Crippen LogP contribution in [0, 0.1) is 5.41 Å². The molecular formula is C24H41N5O7. The molecule has 1 aliphatic rings. The number of hydrogen-bond donors (Lipinski definition) is 5. The highest BCUT2D eigenvalue weighted by atomic mass is 16.5. The molecule has 0 bridgehead atoms. The minimum Gasteiger partial charge on any atom is -0.394 e. The summed E-state index contributed by atoms with van der Waals surface area (Å²) in [6, 6.07) is -0.949. The fourth-order valence-electron chi connectivity index (χ4n) is 3.18. The molecule has 12 nitrogen and oxygen atoms in total. The van der Waals surface area contributed by atoms with E-state index in [4.69, 9.17) is 15.6 Å². The number of nitrogens with zero attached hydrogens (tertiary/aromatic N) is 1. The molecule has 0 saturated heterocycles. The number of imide groups is 1. The third kappa shape index (κ3) is 11.3. The Bertz CT molecular complexity index is 808. The van der Waals surface area contributed by atoms with E-state index < -0.39 is 41.4 Å². The molecule has 0 radical (unpaired) electrons. The van der Waals surface area contributed by atoms with E-state index in [1.807, 2.05) is 27.7 Å². The van der Waals surface area contributed by atoms with Crippen molar-refractivity contribution in [1.29, 1.82) is 0 Å². The van der Waals surface area contributed by atoms with Gasteiger partial charge in [0.1, 0.15) is 6.04 Å².